The Labute approximate surface area is 187 Å². The number of hydrogen-bond donors (Lipinski definition) is 1. The molecule has 0 saturated carbocycles. The van der Waals surface area contributed by atoms with Crippen LogP contribution in [-0.4, -0.2) is 34.8 Å². The first kappa shape index (κ1) is 23.2. The van der Waals surface area contributed by atoms with E-state index >= 15 is 0 Å². The number of carbonyl (C=O) groups is 2. The van der Waals surface area contributed by atoms with Gasteiger partial charge in [-0.1, -0.05) is 44.2 Å². The molecule has 2 aromatic carbocycles. The third-order valence-electron chi connectivity index (χ3n) is 5.12. The van der Waals surface area contributed by atoms with Gasteiger partial charge >= 0.3 is 5.97 Å². The van der Waals surface area contributed by atoms with E-state index in [-0.39, 0.29) is 36.8 Å². The zero-order valence-electron chi connectivity index (χ0n) is 18.5. The molecule has 7 heteroatoms. The number of rotatable bonds is 9. The molecule has 1 atom stereocenters. The third-order valence-corrected chi connectivity index (χ3v) is 5.12. The monoisotopic (exact) mass is 437 g/mol. The van der Waals surface area contributed by atoms with Crippen LogP contribution in [0.1, 0.15) is 48.3 Å². The molecular formula is C25H28FN3O3. The fourth-order valence-corrected chi connectivity index (χ4v) is 3.59. The Morgan fingerprint density at radius 3 is 2.41 bits per heavy atom. The zero-order chi connectivity index (χ0) is 23.1. The Kier molecular flexibility index (Phi) is 7.76. The molecule has 3 rings (SSSR count). The van der Waals surface area contributed by atoms with E-state index in [0.717, 1.165) is 5.56 Å². The molecule has 32 heavy (non-hydrogen) atoms. The van der Waals surface area contributed by atoms with Gasteiger partial charge in [-0.25, -0.2) is 9.07 Å². The van der Waals surface area contributed by atoms with Crippen molar-refractivity contribution in [2.75, 3.05) is 13.2 Å². The number of benzene rings is 2. The van der Waals surface area contributed by atoms with Crippen LogP contribution >= 0.6 is 0 Å². The van der Waals surface area contributed by atoms with E-state index in [1.807, 2.05) is 44.2 Å². The van der Waals surface area contributed by atoms with Gasteiger partial charge in [0.2, 0.25) is 0 Å². The van der Waals surface area contributed by atoms with Crippen LogP contribution in [-0.2, 0) is 16.0 Å². The van der Waals surface area contributed by atoms with Gasteiger partial charge < -0.3 is 10.1 Å². The first-order valence-corrected chi connectivity index (χ1v) is 10.7. The summed E-state index contributed by atoms with van der Waals surface area (Å²) in [5.74, 6) is -1.51. The van der Waals surface area contributed by atoms with Gasteiger partial charge in [-0.3, -0.25) is 9.59 Å². The molecule has 0 fully saturated rings. The van der Waals surface area contributed by atoms with E-state index in [1.54, 1.807) is 23.7 Å². The fourth-order valence-electron chi connectivity index (χ4n) is 3.59. The lowest BCUT2D eigenvalue weighted by Gasteiger charge is -2.17. The molecular weight excluding hydrogens is 409 g/mol. The highest BCUT2D eigenvalue weighted by atomic mass is 19.1. The van der Waals surface area contributed by atoms with Crippen LogP contribution in [0.3, 0.4) is 0 Å². The Morgan fingerprint density at radius 1 is 1.09 bits per heavy atom. The predicted octanol–water partition coefficient (Wildman–Crippen LogP) is 4.29. The molecule has 0 saturated heterocycles. The number of nitrogens with zero attached hydrogens (tertiary/aromatic N) is 2. The molecule has 3 aromatic rings. The van der Waals surface area contributed by atoms with Crippen molar-refractivity contribution in [2.24, 2.45) is 5.92 Å². The van der Waals surface area contributed by atoms with E-state index in [1.165, 1.54) is 18.3 Å². The first-order chi connectivity index (χ1) is 15.4. The Morgan fingerprint density at radius 2 is 1.78 bits per heavy atom. The minimum Gasteiger partial charge on any atom is -0.466 e. The second kappa shape index (κ2) is 10.7. The Balaban J connectivity index is 1.78. The number of hydrogen-bond acceptors (Lipinski definition) is 4. The number of esters is 1. The summed E-state index contributed by atoms with van der Waals surface area (Å²) < 4.78 is 20.2. The second-order valence-corrected chi connectivity index (χ2v) is 7.84. The summed E-state index contributed by atoms with van der Waals surface area (Å²) in [6.07, 6.45) is 1.97. The number of amides is 1. The molecule has 0 spiro atoms. The summed E-state index contributed by atoms with van der Waals surface area (Å²) in [7, 11) is 0. The molecule has 1 heterocycles. The molecule has 6 nitrogen and oxygen atoms in total. The molecule has 0 radical (unpaired) electrons. The molecule has 1 aromatic heterocycles. The maximum absolute atomic E-state index is 13.3. The van der Waals surface area contributed by atoms with E-state index in [0.29, 0.717) is 23.4 Å². The van der Waals surface area contributed by atoms with Crippen LogP contribution < -0.4 is 5.32 Å². The average molecular weight is 438 g/mol. The van der Waals surface area contributed by atoms with Crippen LogP contribution in [0.15, 0.2) is 60.8 Å². The van der Waals surface area contributed by atoms with E-state index in [4.69, 9.17) is 4.74 Å². The summed E-state index contributed by atoms with van der Waals surface area (Å²) in [6, 6.07) is 15.6. The number of nitrogens with one attached hydrogen (secondary N) is 1. The van der Waals surface area contributed by atoms with E-state index in [2.05, 4.69) is 10.4 Å². The topological polar surface area (TPSA) is 73.2 Å². The fraction of sp³-hybridized carbons (Fsp3) is 0.320. The minimum atomic E-state index is -0.504. The van der Waals surface area contributed by atoms with Gasteiger partial charge in [0.05, 0.1) is 35.7 Å². The summed E-state index contributed by atoms with van der Waals surface area (Å²) >= 11 is 0. The van der Waals surface area contributed by atoms with Gasteiger partial charge in [-0.15, -0.1) is 0 Å². The highest BCUT2D eigenvalue weighted by molar-refractivity contribution is 5.95. The van der Waals surface area contributed by atoms with Crippen LogP contribution in [0.5, 0.6) is 0 Å². The Bertz CT molecular complexity index is 1050. The summed E-state index contributed by atoms with van der Waals surface area (Å²) in [4.78, 5) is 25.5. The van der Waals surface area contributed by atoms with Gasteiger partial charge in [-0.05, 0) is 49.1 Å². The number of aromatic nitrogens is 2. The highest BCUT2D eigenvalue weighted by Crippen LogP contribution is 2.23. The van der Waals surface area contributed by atoms with E-state index in [9.17, 15) is 14.0 Å². The molecule has 0 aliphatic heterocycles. The van der Waals surface area contributed by atoms with Crippen molar-refractivity contribution in [3.05, 3.63) is 83.4 Å². The summed E-state index contributed by atoms with van der Waals surface area (Å²) in [6.45, 7) is 6.11. The van der Waals surface area contributed by atoms with Gasteiger partial charge in [0.15, 0.2) is 0 Å². The number of halogens is 1. The third kappa shape index (κ3) is 5.60. The van der Waals surface area contributed by atoms with E-state index < -0.39 is 5.92 Å². The zero-order valence-corrected chi connectivity index (χ0v) is 18.5. The quantitative estimate of drug-likeness (QED) is 0.507. The average Bonchev–Trinajstić information content (AvgIpc) is 3.23. The first-order valence-electron chi connectivity index (χ1n) is 10.7. The molecule has 0 aliphatic carbocycles. The maximum Gasteiger partial charge on any atom is 0.311 e. The van der Waals surface area contributed by atoms with Crippen LogP contribution in [0, 0.1) is 11.7 Å². The van der Waals surface area contributed by atoms with Crippen LogP contribution in [0.4, 0.5) is 4.39 Å². The van der Waals surface area contributed by atoms with Crippen molar-refractivity contribution in [3.8, 4) is 5.69 Å². The maximum atomic E-state index is 13.3. The summed E-state index contributed by atoms with van der Waals surface area (Å²) in [5, 5.41) is 7.23. The van der Waals surface area contributed by atoms with Crippen molar-refractivity contribution in [1.29, 1.82) is 0 Å². The van der Waals surface area contributed by atoms with Crippen molar-refractivity contribution >= 4 is 11.9 Å². The lowest BCUT2D eigenvalue weighted by Crippen LogP contribution is -2.35. The number of ether oxygens (including phenoxy) is 1. The standard InChI is InChI=1S/C25H28FN3O3/c1-4-32-25(31)19(14-18-8-6-5-7-9-18)15-27-24(30)22-16-28-29(23(22)17(2)3)21-12-10-20(26)11-13-21/h5-13,16-17,19H,4,14-15H2,1-3H3,(H,27,30). The van der Waals surface area contributed by atoms with Crippen molar-refractivity contribution in [3.63, 3.8) is 0 Å². The molecule has 1 unspecified atom stereocenters. The van der Waals surface area contributed by atoms with Crippen molar-refractivity contribution in [1.82, 2.24) is 15.1 Å². The molecule has 168 valence electrons. The predicted molar refractivity (Wildman–Crippen MR) is 120 cm³/mol. The molecule has 1 N–H and O–H groups in total. The van der Waals surface area contributed by atoms with Crippen molar-refractivity contribution in [2.45, 2.75) is 33.1 Å². The highest BCUT2D eigenvalue weighted by Gasteiger charge is 2.24. The molecule has 1 amide bonds. The SMILES string of the molecule is CCOC(=O)C(CNC(=O)c1cnn(-c2ccc(F)cc2)c1C(C)C)Cc1ccccc1. The van der Waals surface area contributed by atoms with Gasteiger partial charge in [0.25, 0.3) is 5.91 Å². The smallest absolute Gasteiger partial charge is 0.311 e. The molecule has 0 bridgehead atoms. The largest absolute Gasteiger partial charge is 0.466 e. The number of carbonyl (C=O) groups excluding carboxylic acids is 2. The summed E-state index contributed by atoms with van der Waals surface area (Å²) in [5.41, 5.74) is 2.80. The van der Waals surface area contributed by atoms with Crippen molar-refractivity contribution < 1.29 is 18.7 Å². The second-order valence-electron chi connectivity index (χ2n) is 7.84. The lowest BCUT2D eigenvalue weighted by molar-refractivity contribution is -0.147. The van der Waals surface area contributed by atoms with Gasteiger partial charge in [-0.2, -0.15) is 5.10 Å². The van der Waals surface area contributed by atoms with Gasteiger partial charge in [0.1, 0.15) is 5.82 Å². The molecule has 0 aliphatic rings. The normalized spacial score (nSPS) is 11.9. The Hall–Kier alpha value is -3.48. The van der Waals surface area contributed by atoms with Gasteiger partial charge in [0, 0.05) is 6.54 Å². The van der Waals surface area contributed by atoms with Crippen LogP contribution in [0.25, 0.3) is 5.69 Å². The van der Waals surface area contributed by atoms with Crippen LogP contribution in [0.2, 0.25) is 0 Å². The minimum absolute atomic E-state index is 0.00604. The lowest BCUT2D eigenvalue weighted by atomic mass is 9.99.